The lowest BCUT2D eigenvalue weighted by molar-refractivity contribution is 0.207. The van der Waals surface area contributed by atoms with Crippen molar-refractivity contribution in [1.82, 2.24) is 19.9 Å². The van der Waals surface area contributed by atoms with Crippen molar-refractivity contribution in [2.45, 2.75) is 32.7 Å². The van der Waals surface area contributed by atoms with E-state index in [0.29, 0.717) is 29.0 Å². The molecule has 0 amide bonds. The third-order valence-electron chi connectivity index (χ3n) is 3.98. The third-order valence-corrected chi connectivity index (χ3v) is 4.48. The fraction of sp³-hybridized carbons (Fsp3) is 0.333. The van der Waals surface area contributed by atoms with Crippen LogP contribution < -0.4 is 21.6 Å². The van der Waals surface area contributed by atoms with E-state index in [4.69, 9.17) is 33.7 Å². The van der Waals surface area contributed by atoms with Crippen molar-refractivity contribution in [2.75, 3.05) is 6.61 Å². The molecular formula is C21H25Cl2N5O3. The Morgan fingerprint density at radius 1 is 1.06 bits per heavy atom. The summed E-state index contributed by atoms with van der Waals surface area (Å²) in [6.07, 6.45) is 3.48. The Morgan fingerprint density at radius 2 is 1.71 bits per heavy atom. The summed E-state index contributed by atoms with van der Waals surface area (Å²) < 4.78 is 5.77. The second-order valence-electron chi connectivity index (χ2n) is 7.72. The van der Waals surface area contributed by atoms with Crippen molar-refractivity contribution in [2.24, 2.45) is 11.7 Å². The number of halogens is 2. The van der Waals surface area contributed by atoms with Crippen molar-refractivity contribution < 1.29 is 4.74 Å². The van der Waals surface area contributed by atoms with Gasteiger partial charge in [0.05, 0.1) is 23.4 Å². The molecule has 3 aromatic rings. The van der Waals surface area contributed by atoms with Gasteiger partial charge in [-0.25, -0.2) is 9.97 Å². The molecule has 0 aliphatic rings. The molecule has 0 bridgehead atoms. The number of ether oxygens (including phenoxy) is 1. The van der Waals surface area contributed by atoms with Crippen LogP contribution in [0, 0.1) is 5.92 Å². The van der Waals surface area contributed by atoms with Gasteiger partial charge in [-0.05, 0) is 37.5 Å². The minimum Gasteiger partial charge on any atom is -0.490 e. The lowest BCUT2D eigenvalue weighted by atomic mass is 9.93. The fourth-order valence-corrected chi connectivity index (χ4v) is 3.27. The Kier molecular flexibility index (Phi) is 8.79. The van der Waals surface area contributed by atoms with E-state index < -0.39 is 5.54 Å². The largest absolute Gasteiger partial charge is 0.490 e. The molecular weight excluding hydrogens is 441 g/mol. The molecule has 1 atom stereocenters. The van der Waals surface area contributed by atoms with E-state index in [1.165, 1.54) is 24.8 Å². The molecule has 0 saturated heterocycles. The molecule has 0 aliphatic heterocycles. The average Bonchev–Trinajstić information content (AvgIpc) is 2.66. The van der Waals surface area contributed by atoms with E-state index in [-0.39, 0.29) is 16.3 Å². The first-order valence-electron chi connectivity index (χ1n) is 9.52. The normalized spacial score (nSPS) is 12.6. The number of nitrogens with zero attached hydrogens (tertiary/aromatic N) is 2. The summed E-state index contributed by atoms with van der Waals surface area (Å²) in [6, 6.07) is 7.95. The maximum absolute atomic E-state index is 11.3. The van der Waals surface area contributed by atoms with Gasteiger partial charge in [-0.1, -0.05) is 37.0 Å². The molecule has 31 heavy (non-hydrogen) atoms. The SMILES string of the molecule is CC(C)C[C@](C)(N)COc1ccc(-c2cc(=O)[nH]cn2)cc1Cl.O=c1cc(Cl)nc[nH]1. The zero-order valence-corrected chi connectivity index (χ0v) is 19.0. The van der Waals surface area contributed by atoms with Gasteiger partial charge in [0.2, 0.25) is 0 Å². The van der Waals surface area contributed by atoms with Crippen LogP contribution in [0.15, 0.2) is 52.6 Å². The van der Waals surface area contributed by atoms with Gasteiger partial charge in [-0.3, -0.25) is 9.59 Å². The van der Waals surface area contributed by atoms with Gasteiger partial charge in [-0.2, -0.15) is 0 Å². The Balaban J connectivity index is 0.000000357. The minimum atomic E-state index is -0.412. The third kappa shape index (κ3) is 8.53. The molecule has 0 unspecified atom stereocenters. The van der Waals surface area contributed by atoms with E-state index in [1.807, 2.05) is 13.0 Å². The molecule has 2 aromatic heterocycles. The van der Waals surface area contributed by atoms with E-state index in [9.17, 15) is 9.59 Å². The summed E-state index contributed by atoms with van der Waals surface area (Å²) in [4.78, 5) is 34.1. The van der Waals surface area contributed by atoms with Gasteiger partial charge in [-0.15, -0.1) is 0 Å². The van der Waals surface area contributed by atoms with Crippen molar-refractivity contribution in [1.29, 1.82) is 0 Å². The summed E-state index contributed by atoms with van der Waals surface area (Å²) >= 11 is 11.6. The number of benzene rings is 1. The van der Waals surface area contributed by atoms with Crippen LogP contribution in [0.1, 0.15) is 27.2 Å². The highest BCUT2D eigenvalue weighted by Gasteiger charge is 2.21. The highest BCUT2D eigenvalue weighted by Crippen LogP contribution is 2.30. The lowest BCUT2D eigenvalue weighted by Gasteiger charge is -2.26. The molecule has 166 valence electrons. The topological polar surface area (TPSA) is 127 Å². The molecule has 0 saturated carbocycles. The highest BCUT2D eigenvalue weighted by atomic mass is 35.5. The van der Waals surface area contributed by atoms with Crippen LogP contribution in [0.25, 0.3) is 11.3 Å². The Bertz CT molecular complexity index is 1110. The van der Waals surface area contributed by atoms with Crippen molar-refractivity contribution in [3.63, 3.8) is 0 Å². The minimum absolute atomic E-state index is 0.209. The van der Waals surface area contributed by atoms with Gasteiger partial charge in [0, 0.05) is 23.2 Å². The van der Waals surface area contributed by atoms with E-state index in [1.54, 1.807) is 12.1 Å². The quantitative estimate of drug-likeness (QED) is 0.476. The predicted octanol–water partition coefficient (Wildman–Crippen LogP) is 3.66. The Morgan fingerprint density at radius 3 is 2.23 bits per heavy atom. The Labute approximate surface area is 189 Å². The highest BCUT2D eigenvalue weighted by molar-refractivity contribution is 6.32. The van der Waals surface area contributed by atoms with Gasteiger partial charge in [0.1, 0.15) is 17.5 Å². The second-order valence-corrected chi connectivity index (χ2v) is 8.51. The lowest BCUT2D eigenvalue weighted by Crippen LogP contribution is -2.43. The number of aromatic amines is 2. The first kappa shape index (κ1) is 24.6. The number of H-pyrrole nitrogens is 2. The zero-order chi connectivity index (χ0) is 23.0. The molecule has 0 spiro atoms. The number of nitrogens with two attached hydrogens (primary N) is 1. The predicted molar refractivity (Wildman–Crippen MR) is 123 cm³/mol. The second kappa shape index (κ2) is 11.1. The van der Waals surface area contributed by atoms with Crippen LogP contribution in [0.2, 0.25) is 10.2 Å². The summed E-state index contributed by atoms with van der Waals surface area (Å²) in [6.45, 7) is 6.60. The number of rotatable bonds is 6. The monoisotopic (exact) mass is 465 g/mol. The van der Waals surface area contributed by atoms with Gasteiger partial charge in [0.15, 0.2) is 0 Å². The fourth-order valence-electron chi connectivity index (χ4n) is 2.88. The summed E-state index contributed by atoms with van der Waals surface area (Å²) in [7, 11) is 0. The maximum atomic E-state index is 11.3. The van der Waals surface area contributed by atoms with Crippen LogP contribution in [0.5, 0.6) is 5.75 Å². The maximum Gasteiger partial charge on any atom is 0.252 e. The summed E-state index contributed by atoms with van der Waals surface area (Å²) in [5, 5.41) is 0.679. The molecule has 0 radical (unpaired) electrons. The zero-order valence-electron chi connectivity index (χ0n) is 17.5. The van der Waals surface area contributed by atoms with Crippen LogP contribution in [0.4, 0.5) is 0 Å². The van der Waals surface area contributed by atoms with Crippen molar-refractivity contribution >= 4 is 23.2 Å². The van der Waals surface area contributed by atoms with E-state index in [2.05, 4.69) is 33.8 Å². The van der Waals surface area contributed by atoms with Crippen molar-refractivity contribution in [3.8, 4) is 17.0 Å². The number of nitrogens with one attached hydrogen (secondary N) is 2. The molecule has 8 nitrogen and oxygen atoms in total. The summed E-state index contributed by atoms with van der Waals surface area (Å²) in [5.74, 6) is 1.06. The van der Waals surface area contributed by atoms with Crippen LogP contribution in [-0.4, -0.2) is 32.1 Å². The first-order chi connectivity index (χ1) is 14.6. The molecule has 1 aromatic carbocycles. The van der Waals surface area contributed by atoms with Crippen molar-refractivity contribution in [3.05, 3.63) is 73.9 Å². The Hall–Kier alpha value is -2.68. The number of aromatic nitrogens is 4. The average molecular weight is 466 g/mol. The molecule has 0 aliphatic carbocycles. The first-order valence-corrected chi connectivity index (χ1v) is 10.3. The molecule has 0 fully saturated rings. The van der Waals surface area contributed by atoms with E-state index in [0.717, 1.165) is 12.0 Å². The molecule has 3 rings (SSSR count). The number of hydrogen-bond acceptors (Lipinski definition) is 6. The van der Waals surface area contributed by atoms with Gasteiger partial charge in [0.25, 0.3) is 11.1 Å². The summed E-state index contributed by atoms with van der Waals surface area (Å²) in [5.41, 5.74) is 6.70. The molecule has 10 heteroatoms. The smallest absolute Gasteiger partial charge is 0.252 e. The molecule has 4 N–H and O–H groups in total. The van der Waals surface area contributed by atoms with E-state index >= 15 is 0 Å². The van der Waals surface area contributed by atoms with Gasteiger partial charge >= 0.3 is 0 Å². The molecule has 2 heterocycles. The van der Waals surface area contributed by atoms with Crippen LogP contribution >= 0.6 is 23.2 Å². The standard InChI is InChI=1S/C17H22ClN3O2.C4H3ClN2O/c1-11(2)8-17(3,19)9-23-15-5-4-12(6-13(15)18)14-7-16(22)21-10-20-14;5-3-1-4(8)7-2-6-3/h4-7,10-11H,8-9,19H2,1-3H3,(H,20,21,22);1-2H,(H,6,7,8)/t17-;/m0./s1. The van der Waals surface area contributed by atoms with Crippen LogP contribution in [-0.2, 0) is 0 Å². The number of hydrogen-bond donors (Lipinski definition) is 3. The van der Waals surface area contributed by atoms with Crippen LogP contribution in [0.3, 0.4) is 0 Å². The van der Waals surface area contributed by atoms with Gasteiger partial charge < -0.3 is 20.4 Å².